The quantitative estimate of drug-likeness (QED) is 0.672. The van der Waals surface area contributed by atoms with Crippen LogP contribution in [0.15, 0.2) is 4.63 Å². The number of hydrogen-bond donors (Lipinski definition) is 2. The van der Waals surface area contributed by atoms with Crippen molar-refractivity contribution in [2.45, 2.75) is 6.42 Å². The molecule has 8 heteroatoms. The first kappa shape index (κ1) is 12.0. The summed E-state index contributed by atoms with van der Waals surface area (Å²) in [6.45, 7) is 0.269. The lowest BCUT2D eigenvalue weighted by atomic mass is 10.3. The van der Waals surface area contributed by atoms with Crippen LogP contribution in [0, 0.1) is 0 Å². The maximum absolute atomic E-state index is 11.7. The largest absolute Gasteiger partial charge is 0.379 e. The van der Waals surface area contributed by atoms with Gasteiger partial charge in [-0.15, -0.1) is 0 Å². The van der Waals surface area contributed by atoms with Gasteiger partial charge in [0, 0.05) is 27.1 Å². The molecule has 0 saturated carbocycles. The summed E-state index contributed by atoms with van der Waals surface area (Å²) < 4.78 is 4.31. The highest BCUT2D eigenvalue weighted by atomic mass is 16.6. The Morgan fingerprint density at radius 1 is 1.50 bits per heavy atom. The van der Waals surface area contributed by atoms with E-state index < -0.39 is 5.91 Å². The summed E-state index contributed by atoms with van der Waals surface area (Å²) in [7, 11) is 3.07. The molecule has 8 nitrogen and oxygen atoms in total. The third-order valence-corrected chi connectivity index (χ3v) is 2.02. The highest BCUT2D eigenvalue weighted by Gasteiger charge is 2.20. The number of amides is 2. The van der Waals surface area contributed by atoms with Crippen molar-refractivity contribution in [3.8, 4) is 0 Å². The fraction of sp³-hybridized carbons (Fsp3) is 0.500. The molecule has 3 N–H and O–H groups in total. The van der Waals surface area contributed by atoms with Crippen LogP contribution in [0.3, 0.4) is 0 Å². The van der Waals surface area contributed by atoms with Gasteiger partial charge in [0.15, 0.2) is 0 Å². The second kappa shape index (κ2) is 5.10. The molecule has 88 valence electrons. The SMILES string of the molecule is CNC(=O)CCN(C)C(=O)c1nonc1N. The normalized spacial score (nSPS) is 9.88. The molecule has 0 saturated heterocycles. The summed E-state index contributed by atoms with van der Waals surface area (Å²) in [6.07, 6.45) is 0.212. The molecule has 0 fully saturated rings. The predicted molar refractivity (Wildman–Crippen MR) is 54.4 cm³/mol. The Morgan fingerprint density at radius 3 is 2.69 bits per heavy atom. The van der Waals surface area contributed by atoms with Crippen LogP contribution in [-0.2, 0) is 4.79 Å². The number of nitrogen functional groups attached to an aromatic ring is 1. The summed E-state index contributed by atoms with van der Waals surface area (Å²) in [5.74, 6) is -0.634. The van der Waals surface area contributed by atoms with Crippen LogP contribution in [0.25, 0.3) is 0 Å². The molecule has 16 heavy (non-hydrogen) atoms. The molecule has 1 aromatic rings. The van der Waals surface area contributed by atoms with E-state index in [1.165, 1.54) is 11.9 Å². The molecular weight excluding hydrogens is 214 g/mol. The van der Waals surface area contributed by atoms with Crippen molar-refractivity contribution in [2.24, 2.45) is 0 Å². The molecule has 0 aromatic carbocycles. The summed E-state index contributed by atoms with van der Waals surface area (Å²) >= 11 is 0. The molecule has 0 radical (unpaired) electrons. The fourth-order valence-corrected chi connectivity index (χ4v) is 1.02. The third-order valence-electron chi connectivity index (χ3n) is 2.02. The molecule has 1 aromatic heterocycles. The van der Waals surface area contributed by atoms with Gasteiger partial charge in [0.05, 0.1) is 0 Å². The highest BCUT2D eigenvalue weighted by molar-refractivity contribution is 5.96. The number of aromatic nitrogens is 2. The van der Waals surface area contributed by atoms with E-state index >= 15 is 0 Å². The van der Waals surface area contributed by atoms with Gasteiger partial charge >= 0.3 is 0 Å². The molecule has 0 aliphatic rings. The average Bonchev–Trinajstić information content (AvgIpc) is 2.70. The van der Waals surface area contributed by atoms with E-state index in [9.17, 15) is 9.59 Å². The Morgan fingerprint density at radius 2 is 2.19 bits per heavy atom. The zero-order valence-corrected chi connectivity index (χ0v) is 9.06. The van der Waals surface area contributed by atoms with Crippen molar-refractivity contribution < 1.29 is 14.2 Å². The zero-order valence-electron chi connectivity index (χ0n) is 9.06. The van der Waals surface area contributed by atoms with Gasteiger partial charge in [0.25, 0.3) is 5.91 Å². The number of carbonyl (C=O) groups excluding carboxylic acids is 2. The molecule has 0 aliphatic heterocycles. The molecule has 0 aliphatic carbocycles. The molecule has 1 rings (SSSR count). The monoisotopic (exact) mass is 227 g/mol. The molecule has 0 atom stereocenters. The predicted octanol–water partition coefficient (Wildman–Crippen LogP) is -1.14. The number of nitrogens with one attached hydrogen (secondary N) is 1. The van der Waals surface area contributed by atoms with Crippen LogP contribution >= 0.6 is 0 Å². The molecule has 0 bridgehead atoms. The van der Waals surface area contributed by atoms with Gasteiger partial charge in [-0.05, 0) is 10.3 Å². The van der Waals surface area contributed by atoms with Crippen molar-refractivity contribution in [3.63, 3.8) is 0 Å². The Kier molecular flexibility index (Phi) is 3.81. The van der Waals surface area contributed by atoms with Crippen LogP contribution < -0.4 is 11.1 Å². The lowest BCUT2D eigenvalue weighted by molar-refractivity contribution is -0.120. The number of nitrogens with zero attached hydrogens (tertiary/aromatic N) is 3. The minimum Gasteiger partial charge on any atom is -0.379 e. The second-order valence-electron chi connectivity index (χ2n) is 3.15. The average molecular weight is 227 g/mol. The second-order valence-corrected chi connectivity index (χ2v) is 3.15. The topological polar surface area (TPSA) is 114 Å². The lowest BCUT2D eigenvalue weighted by Crippen LogP contribution is -2.32. The van der Waals surface area contributed by atoms with Gasteiger partial charge in [0.1, 0.15) is 0 Å². The minimum atomic E-state index is -0.428. The summed E-state index contributed by atoms with van der Waals surface area (Å²) in [5.41, 5.74) is 5.33. The van der Waals surface area contributed by atoms with Gasteiger partial charge in [-0.2, -0.15) is 0 Å². The van der Waals surface area contributed by atoms with E-state index in [0.29, 0.717) is 0 Å². The minimum absolute atomic E-state index is 0.0422. The van der Waals surface area contributed by atoms with E-state index in [4.69, 9.17) is 5.73 Å². The number of rotatable bonds is 4. The molecule has 1 heterocycles. The number of hydrogen-bond acceptors (Lipinski definition) is 6. The van der Waals surface area contributed by atoms with E-state index in [-0.39, 0.29) is 30.4 Å². The molecule has 0 unspecified atom stereocenters. The van der Waals surface area contributed by atoms with Gasteiger partial charge in [-0.25, -0.2) is 4.63 Å². The number of anilines is 1. The van der Waals surface area contributed by atoms with E-state index in [1.54, 1.807) is 7.05 Å². The Hall–Kier alpha value is -2.12. The van der Waals surface area contributed by atoms with Crippen LogP contribution in [0.2, 0.25) is 0 Å². The summed E-state index contributed by atoms with van der Waals surface area (Å²) in [5, 5.41) is 9.13. The van der Waals surface area contributed by atoms with Gasteiger partial charge < -0.3 is 16.0 Å². The highest BCUT2D eigenvalue weighted by Crippen LogP contribution is 2.07. The van der Waals surface area contributed by atoms with E-state index in [1.807, 2.05) is 0 Å². The third kappa shape index (κ3) is 2.69. The maximum atomic E-state index is 11.7. The van der Waals surface area contributed by atoms with Gasteiger partial charge in [0.2, 0.25) is 17.4 Å². The van der Waals surface area contributed by atoms with Crippen molar-refractivity contribution in [1.82, 2.24) is 20.5 Å². The van der Waals surface area contributed by atoms with E-state index in [2.05, 4.69) is 20.3 Å². The Balaban J connectivity index is 2.55. The Bertz CT molecular complexity index is 389. The van der Waals surface area contributed by atoms with Crippen molar-refractivity contribution in [1.29, 1.82) is 0 Å². The van der Waals surface area contributed by atoms with Crippen molar-refractivity contribution in [3.05, 3.63) is 5.69 Å². The zero-order chi connectivity index (χ0) is 12.1. The molecular formula is C8H13N5O3. The Labute approximate surface area is 91.7 Å². The van der Waals surface area contributed by atoms with Gasteiger partial charge in [-0.1, -0.05) is 0 Å². The lowest BCUT2D eigenvalue weighted by Gasteiger charge is -2.14. The maximum Gasteiger partial charge on any atom is 0.279 e. The van der Waals surface area contributed by atoms with Crippen LogP contribution in [0.1, 0.15) is 16.9 Å². The van der Waals surface area contributed by atoms with Crippen LogP contribution in [0.4, 0.5) is 5.82 Å². The molecule has 0 spiro atoms. The van der Waals surface area contributed by atoms with Crippen molar-refractivity contribution in [2.75, 3.05) is 26.4 Å². The molecule has 2 amide bonds. The first-order valence-electron chi connectivity index (χ1n) is 4.60. The fourth-order valence-electron chi connectivity index (χ4n) is 1.02. The summed E-state index contributed by atoms with van der Waals surface area (Å²) in [6, 6.07) is 0. The summed E-state index contributed by atoms with van der Waals surface area (Å²) in [4.78, 5) is 24.0. The van der Waals surface area contributed by atoms with Gasteiger partial charge in [-0.3, -0.25) is 9.59 Å². The first-order valence-corrected chi connectivity index (χ1v) is 4.60. The standard InChI is InChI=1S/C8H13N5O3/c1-10-5(14)3-4-13(2)8(15)6-7(9)12-16-11-6/h3-4H2,1-2H3,(H2,9,12)(H,10,14). The smallest absolute Gasteiger partial charge is 0.279 e. The van der Waals surface area contributed by atoms with Crippen molar-refractivity contribution >= 4 is 17.6 Å². The van der Waals surface area contributed by atoms with Crippen LogP contribution in [-0.4, -0.2) is 47.7 Å². The van der Waals surface area contributed by atoms with E-state index in [0.717, 1.165) is 0 Å². The first-order chi connectivity index (χ1) is 7.56. The van der Waals surface area contributed by atoms with Crippen LogP contribution in [0.5, 0.6) is 0 Å². The number of nitrogens with two attached hydrogens (primary N) is 1. The number of carbonyl (C=O) groups is 2.